The van der Waals surface area contributed by atoms with Crippen LogP contribution in [-0.2, 0) is 17.7 Å². The standard InChI is InChI=1S/C28H28N2O4/c1-5-34-28(32)26-25(20-8-6-10-23-19(20)9-7-12-29-23)16(2)30-13-11-18-14-21(17(3)31)24(33-4)15-22(18)27(26)30/h6-10,12,14-15,17,31H,5,11,13H2,1-4H3. The van der Waals surface area contributed by atoms with Crippen molar-refractivity contribution in [2.24, 2.45) is 0 Å². The maximum atomic E-state index is 13.5. The fourth-order valence-electron chi connectivity index (χ4n) is 5.16. The highest BCUT2D eigenvalue weighted by molar-refractivity contribution is 6.09. The van der Waals surface area contributed by atoms with Crippen LogP contribution >= 0.6 is 0 Å². The summed E-state index contributed by atoms with van der Waals surface area (Å²) in [5.41, 5.74) is 7.88. The minimum absolute atomic E-state index is 0.288. The van der Waals surface area contributed by atoms with Crippen molar-refractivity contribution in [3.8, 4) is 28.1 Å². The minimum atomic E-state index is -0.654. The van der Waals surface area contributed by atoms with E-state index in [-0.39, 0.29) is 12.6 Å². The van der Waals surface area contributed by atoms with Crippen molar-refractivity contribution in [2.75, 3.05) is 13.7 Å². The quantitative estimate of drug-likeness (QED) is 0.403. The highest BCUT2D eigenvalue weighted by atomic mass is 16.5. The van der Waals surface area contributed by atoms with Crippen LogP contribution in [0.4, 0.5) is 0 Å². The number of fused-ring (bicyclic) bond motifs is 4. The largest absolute Gasteiger partial charge is 0.496 e. The summed E-state index contributed by atoms with van der Waals surface area (Å²) in [5, 5.41) is 11.3. The number of aliphatic hydroxyl groups is 1. The first-order valence-electron chi connectivity index (χ1n) is 11.6. The number of hydrogen-bond donors (Lipinski definition) is 1. The molecule has 6 heteroatoms. The highest BCUT2D eigenvalue weighted by Gasteiger charge is 2.33. The molecule has 1 unspecified atom stereocenters. The molecule has 174 valence electrons. The highest BCUT2D eigenvalue weighted by Crippen LogP contribution is 2.45. The molecule has 0 bridgehead atoms. The van der Waals surface area contributed by atoms with Gasteiger partial charge in [0.15, 0.2) is 0 Å². The van der Waals surface area contributed by atoms with E-state index in [1.807, 2.05) is 49.4 Å². The van der Waals surface area contributed by atoms with Crippen molar-refractivity contribution in [2.45, 2.75) is 39.8 Å². The predicted octanol–water partition coefficient (Wildman–Crippen LogP) is 5.47. The number of nitrogens with zero attached hydrogens (tertiary/aromatic N) is 2. The van der Waals surface area contributed by atoms with Gasteiger partial charge >= 0.3 is 5.97 Å². The summed E-state index contributed by atoms with van der Waals surface area (Å²) in [4.78, 5) is 18.0. The van der Waals surface area contributed by atoms with Gasteiger partial charge in [-0.1, -0.05) is 18.2 Å². The summed E-state index contributed by atoms with van der Waals surface area (Å²) in [7, 11) is 1.60. The third-order valence-electron chi connectivity index (χ3n) is 6.68. The van der Waals surface area contributed by atoms with Crippen molar-refractivity contribution < 1.29 is 19.4 Å². The van der Waals surface area contributed by atoms with Crippen LogP contribution in [0.5, 0.6) is 5.75 Å². The molecule has 34 heavy (non-hydrogen) atoms. The number of rotatable bonds is 5. The lowest BCUT2D eigenvalue weighted by Crippen LogP contribution is -2.15. The number of aryl methyl sites for hydroxylation is 1. The third kappa shape index (κ3) is 3.37. The maximum Gasteiger partial charge on any atom is 0.340 e. The monoisotopic (exact) mass is 456 g/mol. The van der Waals surface area contributed by atoms with Crippen molar-refractivity contribution >= 4 is 16.9 Å². The number of carbonyl (C=O) groups excluding carboxylic acids is 1. The van der Waals surface area contributed by atoms with E-state index >= 15 is 0 Å². The van der Waals surface area contributed by atoms with Crippen LogP contribution in [0.3, 0.4) is 0 Å². The Balaban J connectivity index is 1.85. The second kappa shape index (κ2) is 8.61. The number of hydrogen-bond acceptors (Lipinski definition) is 5. The number of carbonyl (C=O) groups is 1. The van der Waals surface area contributed by atoms with Crippen LogP contribution in [-0.4, -0.2) is 34.3 Å². The first kappa shape index (κ1) is 22.2. The van der Waals surface area contributed by atoms with Gasteiger partial charge in [0, 0.05) is 40.5 Å². The lowest BCUT2D eigenvalue weighted by atomic mass is 9.90. The molecule has 0 spiro atoms. The molecule has 1 aliphatic rings. The fraction of sp³-hybridized carbons (Fsp3) is 0.286. The Labute approximate surface area is 198 Å². The molecular weight excluding hydrogens is 428 g/mol. The van der Waals surface area contributed by atoms with Crippen molar-refractivity contribution in [1.82, 2.24) is 9.55 Å². The molecule has 3 heterocycles. The van der Waals surface area contributed by atoms with Crippen LogP contribution in [0, 0.1) is 6.92 Å². The van der Waals surface area contributed by atoms with E-state index in [1.165, 1.54) is 0 Å². The van der Waals surface area contributed by atoms with Gasteiger partial charge in [-0.05, 0) is 62.6 Å². The fourth-order valence-corrected chi connectivity index (χ4v) is 5.16. The summed E-state index contributed by atoms with van der Waals surface area (Å²) >= 11 is 0. The lowest BCUT2D eigenvalue weighted by molar-refractivity contribution is 0.0528. The van der Waals surface area contributed by atoms with E-state index in [1.54, 1.807) is 20.2 Å². The van der Waals surface area contributed by atoms with Gasteiger partial charge in [0.05, 0.1) is 36.6 Å². The summed E-state index contributed by atoms with van der Waals surface area (Å²) in [6, 6.07) is 13.9. The van der Waals surface area contributed by atoms with E-state index in [0.717, 1.165) is 63.1 Å². The minimum Gasteiger partial charge on any atom is -0.496 e. The molecule has 0 fully saturated rings. The molecule has 0 amide bonds. The van der Waals surface area contributed by atoms with Crippen molar-refractivity contribution in [1.29, 1.82) is 0 Å². The molecular formula is C28H28N2O4. The van der Waals surface area contributed by atoms with Gasteiger partial charge in [-0.15, -0.1) is 0 Å². The Hall–Kier alpha value is -3.64. The van der Waals surface area contributed by atoms with Crippen molar-refractivity contribution in [3.05, 3.63) is 71.0 Å². The molecule has 2 aromatic heterocycles. The molecule has 0 aliphatic carbocycles. The molecule has 5 rings (SSSR count). The van der Waals surface area contributed by atoms with Gasteiger partial charge in [-0.3, -0.25) is 4.98 Å². The Bertz CT molecular complexity index is 1410. The molecule has 1 atom stereocenters. The second-order valence-corrected chi connectivity index (χ2v) is 8.61. The number of esters is 1. The smallest absolute Gasteiger partial charge is 0.340 e. The number of benzene rings is 2. The van der Waals surface area contributed by atoms with E-state index in [9.17, 15) is 9.90 Å². The van der Waals surface area contributed by atoms with Crippen molar-refractivity contribution in [3.63, 3.8) is 0 Å². The average Bonchev–Trinajstić information content (AvgIpc) is 3.15. The van der Waals surface area contributed by atoms with Gasteiger partial charge in [0.1, 0.15) is 5.75 Å². The number of aromatic nitrogens is 2. The zero-order chi connectivity index (χ0) is 24.0. The first-order valence-corrected chi connectivity index (χ1v) is 11.6. The molecule has 2 aromatic carbocycles. The predicted molar refractivity (Wildman–Crippen MR) is 132 cm³/mol. The summed E-state index contributed by atoms with van der Waals surface area (Å²) in [6.45, 7) is 6.63. The normalized spacial score (nSPS) is 13.3. The van der Waals surface area contributed by atoms with E-state index in [0.29, 0.717) is 11.3 Å². The summed E-state index contributed by atoms with van der Waals surface area (Å²) < 4.78 is 13.4. The average molecular weight is 457 g/mol. The molecule has 4 aromatic rings. The number of pyridine rings is 1. The summed E-state index contributed by atoms with van der Waals surface area (Å²) in [5.74, 6) is 0.258. The molecule has 0 radical (unpaired) electrons. The number of aliphatic hydroxyl groups excluding tert-OH is 1. The van der Waals surface area contributed by atoms with Gasteiger partial charge in [0.2, 0.25) is 0 Å². The van der Waals surface area contributed by atoms with Gasteiger partial charge in [-0.2, -0.15) is 0 Å². The van der Waals surface area contributed by atoms with Crippen LogP contribution in [0.2, 0.25) is 0 Å². The molecule has 0 saturated heterocycles. The number of methoxy groups -OCH3 is 1. The van der Waals surface area contributed by atoms with Crippen LogP contribution < -0.4 is 4.74 Å². The van der Waals surface area contributed by atoms with E-state index in [2.05, 4.69) is 16.5 Å². The topological polar surface area (TPSA) is 73.6 Å². The summed E-state index contributed by atoms with van der Waals surface area (Å²) in [6.07, 6.45) is 1.91. The molecule has 1 N–H and O–H groups in total. The Morgan fingerprint density at radius 3 is 2.76 bits per heavy atom. The lowest BCUT2D eigenvalue weighted by Gasteiger charge is -2.24. The zero-order valence-electron chi connectivity index (χ0n) is 19.9. The van der Waals surface area contributed by atoms with Crippen LogP contribution in [0.25, 0.3) is 33.3 Å². The zero-order valence-corrected chi connectivity index (χ0v) is 19.9. The SMILES string of the molecule is CCOC(=O)c1c(-c2cccc3ncccc23)c(C)n2c1-c1cc(OC)c(C(C)O)cc1CC2. The maximum absolute atomic E-state index is 13.5. The van der Waals surface area contributed by atoms with Gasteiger partial charge in [0.25, 0.3) is 0 Å². The Morgan fingerprint density at radius 2 is 2.03 bits per heavy atom. The van der Waals surface area contributed by atoms with E-state index in [4.69, 9.17) is 9.47 Å². The van der Waals surface area contributed by atoms with Gasteiger partial charge in [-0.25, -0.2) is 4.79 Å². The Kier molecular flexibility index (Phi) is 5.62. The number of ether oxygens (including phenoxy) is 2. The van der Waals surface area contributed by atoms with Crippen LogP contribution in [0.1, 0.15) is 47.1 Å². The van der Waals surface area contributed by atoms with Crippen LogP contribution in [0.15, 0.2) is 48.7 Å². The van der Waals surface area contributed by atoms with Gasteiger partial charge < -0.3 is 19.1 Å². The first-order chi connectivity index (χ1) is 16.5. The molecule has 6 nitrogen and oxygen atoms in total. The Morgan fingerprint density at radius 1 is 1.21 bits per heavy atom. The third-order valence-corrected chi connectivity index (χ3v) is 6.68. The van der Waals surface area contributed by atoms with E-state index < -0.39 is 6.10 Å². The molecule has 0 saturated carbocycles. The molecule has 1 aliphatic heterocycles. The second-order valence-electron chi connectivity index (χ2n) is 8.61.